The molecule has 286 valence electrons. The van der Waals surface area contributed by atoms with E-state index in [1.807, 2.05) is 11.3 Å². The molecular formula is C58H38N2S. The van der Waals surface area contributed by atoms with Gasteiger partial charge in [-0.05, 0) is 110 Å². The number of anilines is 3. The molecule has 0 aliphatic heterocycles. The number of hydrogen-bond acceptors (Lipinski definition) is 2. The third-order valence-corrected chi connectivity index (χ3v) is 13.3. The van der Waals surface area contributed by atoms with Gasteiger partial charge >= 0.3 is 0 Å². The van der Waals surface area contributed by atoms with Crippen molar-refractivity contribution in [3.8, 4) is 44.5 Å². The molecule has 12 aromatic rings. The maximum atomic E-state index is 2.46. The minimum absolute atomic E-state index is 1.10. The quantitative estimate of drug-likeness (QED) is 0.146. The minimum atomic E-state index is 1.10. The highest BCUT2D eigenvalue weighted by atomic mass is 32.1. The molecule has 10 aromatic carbocycles. The number of para-hydroxylation sites is 1. The average Bonchev–Trinajstić information content (AvgIpc) is 3.87. The molecule has 12 rings (SSSR count). The number of rotatable bonds is 7. The fourth-order valence-electron chi connectivity index (χ4n) is 9.26. The van der Waals surface area contributed by atoms with Crippen LogP contribution in [0.1, 0.15) is 0 Å². The zero-order chi connectivity index (χ0) is 40.3. The topological polar surface area (TPSA) is 7.65 Å². The molecule has 0 aliphatic carbocycles. The summed E-state index contributed by atoms with van der Waals surface area (Å²) in [5.74, 6) is 0. The molecule has 0 bridgehead atoms. The second kappa shape index (κ2) is 14.5. The zero-order valence-corrected chi connectivity index (χ0v) is 34.1. The summed E-state index contributed by atoms with van der Waals surface area (Å²) < 4.78 is 3.74. The molecule has 2 aromatic heterocycles. The second-order valence-corrected chi connectivity index (χ2v) is 16.8. The van der Waals surface area contributed by atoms with Crippen molar-refractivity contribution in [1.29, 1.82) is 0 Å². The van der Waals surface area contributed by atoms with Gasteiger partial charge in [0.15, 0.2) is 0 Å². The van der Waals surface area contributed by atoms with E-state index in [-0.39, 0.29) is 0 Å². The highest BCUT2D eigenvalue weighted by Crippen LogP contribution is 2.45. The van der Waals surface area contributed by atoms with Gasteiger partial charge in [-0.25, -0.2) is 0 Å². The van der Waals surface area contributed by atoms with E-state index in [4.69, 9.17) is 0 Å². The third kappa shape index (κ3) is 6.01. The van der Waals surface area contributed by atoms with Crippen LogP contribution < -0.4 is 4.90 Å². The number of fused-ring (bicyclic) bond motifs is 8. The molecule has 0 fully saturated rings. The van der Waals surface area contributed by atoms with Gasteiger partial charge in [0.1, 0.15) is 4.83 Å². The van der Waals surface area contributed by atoms with Crippen LogP contribution in [0.5, 0.6) is 0 Å². The standard InChI is InChI=1S/C58H38N2S/c1-3-14-39(15-4-1)43-19-13-20-44(36-43)40-26-31-47(32-27-40)59(54-38-46-18-7-8-21-49(46)50-22-9-10-23-51(50)54)48-33-28-41(29-34-48)45-30-35-56-55(37-45)60-53-25-12-11-24-52(53)57(58(60)61-56)42-16-5-2-6-17-42/h1-38H. The lowest BCUT2D eigenvalue weighted by Gasteiger charge is -2.28. The number of hydrogen-bond donors (Lipinski definition) is 0. The van der Waals surface area contributed by atoms with E-state index >= 15 is 0 Å². The Kier molecular flexibility index (Phi) is 8.39. The molecule has 0 N–H and O–H groups in total. The van der Waals surface area contributed by atoms with E-state index in [1.54, 1.807) is 0 Å². The average molecular weight is 795 g/mol. The Morgan fingerprint density at radius 3 is 1.52 bits per heavy atom. The van der Waals surface area contributed by atoms with Crippen molar-refractivity contribution in [2.75, 3.05) is 4.90 Å². The highest BCUT2D eigenvalue weighted by Gasteiger charge is 2.20. The van der Waals surface area contributed by atoms with E-state index < -0.39 is 0 Å². The van der Waals surface area contributed by atoms with Crippen molar-refractivity contribution in [3.63, 3.8) is 0 Å². The maximum absolute atomic E-state index is 2.46. The van der Waals surface area contributed by atoms with Crippen LogP contribution in [0.4, 0.5) is 17.1 Å². The second-order valence-electron chi connectivity index (χ2n) is 15.7. The molecular weight excluding hydrogens is 757 g/mol. The SMILES string of the molecule is c1ccc(-c2cccc(-c3ccc(N(c4ccc(-c5ccc6sc7c(-c8ccccc8)c8ccccc8n7c6c5)cc4)c4cc5ccccc5c5ccccc45)cc3)c2)cc1. The van der Waals surface area contributed by atoms with Gasteiger partial charge in [-0.15, -0.1) is 11.3 Å². The largest absolute Gasteiger partial charge is 0.310 e. The van der Waals surface area contributed by atoms with E-state index in [0.29, 0.717) is 0 Å². The molecule has 0 amide bonds. The first kappa shape index (κ1) is 35.2. The third-order valence-electron chi connectivity index (χ3n) is 12.2. The Morgan fingerprint density at radius 2 is 0.836 bits per heavy atom. The summed E-state index contributed by atoms with van der Waals surface area (Å²) in [7, 11) is 0. The van der Waals surface area contributed by atoms with Crippen molar-refractivity contribution in [1.82, 2.24) is 4.40 Å². The highest BCUT2D eigenvalue weighted by molar-refractivity contribution is 7.24. The van der Waals surface area contributed by atoms with E-state index in [1.165, 1.54) is 92.0 Å². The Hall–Kier alpha value is -7.72. The van der Waals surface area contributed by atoms with Crippen molar-refractivity contribution < 1.29 is 0 Å². The van der Waals surface area contributed by atoms with Crippen molar-refractivity contribution in [3.05, 3.63) is 231 Å². The van der Waals surface area contributed by atoms with Gasteiger partial charge in [0.05, 0.1) is 21.4 Å². The van der Waals surface area contributed by atoms with Gasteiger partial charge in [0, 0.05) is 27.7 Å². The normalized spacial score (nSPS) is 11.6. The van der Waals surface area contributed by atoms with Crippen LogP contribution in [0.25, 0.3) is 92.0 Å². The molecule has 0 aliphatic rings. The van der Waals surface area contributed by atoms with Gasteiger partial charge < -0.3 is 4.90 Å². The molecule has 0 radical (unpaired) electrons. The maximum Gasteiger partial charge on any atom is 0.109 e. The first-order valence-corrected chi connectivity index (χ1v) is 21.6. The first-order valence-electron chi connectivity index (χ1n) is 20.8. The lowest BCUT2D eigenvalue weighted by molar-refractivity contribution is 1.30. The molecule has 2 heterocycles. The van der Waals surface area contributed by atoms with E-state index in [0.717, 1.165) is 17.1 Å². The first-order chi connectivity index (χ1) is 30.2. The number of nitrogens with zero attached hydrogens (tertiary/aromatic N) is 2. The van der Waals surface area contributed by atoms with Gasteiger partial charge in [-0.3, -0.25) is 4.40 Å². The van der Waals surface area contributed by atoms with Gasteiger partial charge in [0.2, 0.25) is 0 Å². The van der Waals surface area contributed by atoms with Crippen LogP contribution in [-0.4, -0.2) is 4.40 Å². The summed E-state index contributed by atoms with van der Waals surface area (Å²) >= 11 is 1.87. The fourth-order valence-corrected chi connectivity index (χ4v) is 10.5. The van der Waals surface area contributed by atoms with Gasteiger partial charge in [-0.2, -0.15) is 0 Å². The van der Waals surface area contributed by atoms with Crippen LogP contribution in [0.15, 0.2) is 231 Å². The van der Waals surface area contributed by atoms with Crippen LogP contribution >= 0.6 is 11.3 Å². The zero-order valence-electron chi connectivity index (χ0n) is 33.2. The molecule has 0 atom stereocenters. The number of benzene rings is 10. The minimum Gasteiger partial charge on any atom is -0.310 e. The molecule has 3 heteroatoms. The van der Waals surface area contributed by atoms with Gasteiger partial charge in [-0.1, -0.05) is 176 Å². The van der Waals surface area contributed by atoms with Crippen LogP contribution in [-0.2, 0) is 0 Å². The summed E-state index contributed by atoms with van der Waals surface area (Å²) in [4.78, 5) is 3.70. The number of aromatic nitrogens is 1. The number of thiazole rings is 1. The molecule has 2 nitrogen and oxygen atoms in total. The van der Waals surface area contributed by atoms with Crippen molar-refractivity contribution in [2.45, 2.75) is 0 Å². The van der Waals surface area contributed by atoms with Crippen molar-refractivity contribution >= 4 is 75.9 Å². The van der Waals surface area contributed by atoms with Crippen LogP contribution in [0.2, 0.25) is 0 Å². The molecule has 0 saturated carbocycles. The predicted molar refractivity (Wildman–Crippen MR) is 262 cm³/mol. The van der Waals surface area contributed by atoms with Crippen molar-refractivity contribution in [2.24, 2.45) is 0 Å². The lowest BCUT2D eigenvalue weighted by atomic mass is 9.97. The summed E-state index contributed by atoms with van der Waals surface area (Å²) in [6.45, 7) is 0. The van der Waals surface area contributed by atoms with E-state index in [2.05, 4.69) is 240 Å². The summed E-state index contributed by atoms with van der Waals surface area (Å²) in [6.07, 6.45) is 0. The predicted octanol–water partition coefficient (Wildman–Crippen LogP) is 16.8. The summed E-state index contributed by atoms with van der Waals surface area (Å²) in [6, 6.07) is 84.0. The van der Waals surface area contributed by atoms with Crippen LogP contribution in [0, 0.1) is 0 Å². The molecule has 0 unspecified atom stereocenters. The van der Waals surface area contributed by atoms with Gasteiger partial charge in [0.25, 0.3) is 0 Å². The lowest BCUT2D eigenvalue weighted by Crippen LogP contribution is -2.10. The fraction of sp³-hybridized carbons (Fsp3) is 0. The Balaban J connectivity index is 0.974. The summed E-state index contributed by atoms with van der Waals surface area (Å²) in [5, 5.41) is 6.22. The summed E-state index contributed by atoms with van der Waals surface area (Å²) in [5.41, 5.74) is 15.6. The van der Waals surface area contributed by atoms with E-state index in [9.17, 15) is 0 Å². The Bertz CT molecular complexity index is 3560. The Labute approximate surface area is 358 Å². The molecule has 0 spiro atoms. The monoisotopic (exact) mass is 794 g/mol. The van der Waals surface area contributed by atoms with Crippen LogP contribution in [0.3, 0.4) is 0 Å². The smallest absolute Gasteiger partial charge is 0.109 e. The molecule has 0 saturated heterocycles. The Morgan fingerprint density at radius 1 is 0.328 bits per heavy atom. The molecule has 61 heavy (non-hydrogen) atoms.